The second-order valence-corrected chi connectivity index (χ2v) is 6.78. The molecule has 114 valence electrons. The summed E-state index contributed by atoms with van der Waals surface area (Å²) in [5.74, 6) is 0.936. The molecule has 2 atom stereocenters. The number of hydrogen-bond acceptors (Lipinski definition) is 2. The van der Waals surface area contributed by atoms with Crippen molar-refractivity contribution in [3.63, 3.8) is 0 Å². The zero-order valence-electron chi connectivity index (χ0n) is 13.2. The van der Waals surface area contributed by atoms with Gasteiger partial charge in [-0.1, -0.05) is 25.3 Å². The van der Waals surface area contributed by atoms with Crippen LogP contribution in [0.15, 0.2) is 12.7 Å². The van der Waals surface area contributed by atoms with Crippen LogP contribution < -0.4 is 0 Å². The number of ketones is 1. The maximum absolute atomic E-state index is 12.3. The largest absolute Gasteiger partial charge is 0.300 e. The molecule has 0 amide bonds. The van der Waals surface area contributed by atoms with Gasteiger partial charge in [-0.25, -0.2) is 0 Å². The van der Waals surface area contributed by atoms with Crippen molar-refractivity contribution in [2.75, 3.05) is 7.05 Å². The summed E-state index contributed by atoms with van der Waals surface area (Å²) in [5.41, 5.74) is 0. The van der Waals surface area contributed by atoms with E-state index in [1.165, 1.54) is 38.5 Å². The van der Waals surface area contributed by atoms with Crippen LogP contribution in [0.5, 0.6) is 0 Å². The van der Waals surface area contributed by atoms with Crippen LogP contribution in [0.2, 0.25) is 0 Å². The predicted molar refractivity (Wildman–Crippen MR) is 84.8 cm³/mol. The van der Waals surface area contributed by atoms with E-state index in [9.17, 15) is 4.79 Å². The van der Waals surface area contributed by atoms with Gasteiger partial charge in [-0.3, -0.25) is 4.79 Å². The predicted octanol–water partition coefficient (Wildman–Crippen LogP) is 4.35. The van der Waals surface area contributed by atoms with Crippen LogP contribution in [0.4, 0.5) is 0 Å². The molecule has 2 nitrogen and oxygen atoms in total. The molecule has 0 aromatic rings. The van der Waals surface area contributed by atoms with Crippen LogP contribution in [0, 0.1) is 5.92 Å². The van der Waals surface area contributed by atoms with Crippen LogP contribution in [0.3, 0.4) is 0 Å². The van der Waals surface area contributed by atoms with Crippen molar-refractivity contribution in [2.45, 2.75) is 82.7 Å². The number of allylic oxidation sites excluding steroid dienone is 1. The van der Waals surface area contributed by atoms with Crippen LogP contribution in [0.1, 0.15) is 70.6 Å². The summed E-state index contributed by atoms with van der Waals surface area (Å²) in [6, 6.07) is 1.39. The van der Waals surface area contributed by atoms with E-state index in [4.69, 9.17) is 0 Å². The molecule has 0 N–H and O–H groups in total. The Bertz CT molecular complexity index is 311. The Kier molecular flexibility index (Phi) is 6.28. The number of carbonyl (C=O) groups is 1. The van der Waals surface area contributed by atoms with Crippen LogP contribution in [0.25, 0.3) is 0 Å². The number of fused-ring (bicyclic) bond motifs is 2. The Hall–Kier alpha value is -0.630. The summed E-state index contributed by atoms with van der Waals surface area (Å²) in [6.07, 6.45) is 15.0. The Morgan fingerprint density at radius 1 is 1.10 bits per heavy atom. The van der Waals surface area contributed by atoms with Gasteiger partial charge in [0.15, 0.2) is 0 Å². The first-order chi connectivity index (χ1) is 9.72. The van der Waals surface area contributed by atoms with Gasteiger partial charge in [0.25, 0.3) is 0 Å². The van der Waals surface area contributed by atoms with E-state index in [2.05, 4.69) is 18.5 Å². The molecular formula is C18H31NO. The lowest BCUT2D eigenvalue weighted by Crippen LogP contribution is -2.42. The summed E-state index contributed by atoms with van der Waals surface area (Å²) in [5, 5.41) is 0. The normalized spacial score (nSPS) is 29.6. The Morgan fingerprint density at radius 2 is 1.70 bits per heavy atom. The van der Waals surface area contributed by atoms with Gasteiger partial charge in [-0.15, -0.1) is 6.58 Å². The number of rotatable bonds is 9. The zero-order valence-corrected chi connectivity index (χ0v) is 13.2. The molecule has 2 rings (SSSR count). The third-order valence-corrected chi connectivity index (χ3v) is 5.39. The molecule has 2 saturated heterocycles. The zero-order chi connectivity index (χ0) is 14.4. The van der Waals surface area contributed by atoms with Crippen LogP contribution >= 0.6 is 0 Å². The number of Topliss-reactive ketones (excluding diaryl/α,β-unsaturated/α-hetero) is 1. The van der Waals surface area contributed by atoms with Gasteiger partial charge in [-0.2, -0.15) is 0 Å². The molecular weight excluding hydrogens is 246 g/mol. The number of piperidine rings is 1. The minimum absolute atomic E-state index is 0.379. The third-order valence-electron chi connectivity index (χ3n) is 5.39. The molecule has 2 aliphatic rings. The second kappa shape index (κ2) is 7.97. The van der Waals surface area contributed by atoms with Crippen molar-refractivity contribution < 1.29 is 4.79 Å². The molecule has 0 aliphatic carbocycles. The standard InChI is InChI=1S/C18H31NO/c1-3-4-5-6-7-8-9-10-18(20)15-13-16-11-12-17(14-15)19(16)2/h3,15-17H,1,4-14H2,2H3. The Morgan fingerprint density at radius 3 is 2.35 bits per heavy atom. The minimum Gasteiger partial charge on any atom is -0.300 e. The Labute approximate surface area is 124 Å². The van der Waals surface area contributed by atoms with Gasteiger partial charge in [0.1, 0.15) is 5.78 Å². The quantitative estimate of drug-likeness (QED) is 0.461. The van der Waals surface area contributed by atoms with Crippen LogP contribution in [-0.2, 0) is 4.79 Å². The number of hydrogen-bond donors (Lipinski definition) is 0. The highest BCUT2D eigenvalue weighted by molar-refractivity contribution is 5.81. The first-order valence-corrected chi connectivity index (χ1v) is 8.58. The van der Waals surface area contributed by atoms with Crippen molar-refractivity contribution in [2.24, 2.45) is 5.92 Å². The summed E-state index contributed by atoms with van der Waals surface area (Å²) in [7, 11) is 2.24. The van der Waals surface area contributed by atoms with E-state index in [1.807, 2.05) is 6.08 Å². The van der Waals surface area contributed by atoms with Gasteiger partial charge in [0.05, 0.1) is 0 Å². The molecule has 0 aromatic carbocycles. The van der Waals surface area contributed by atoms with Gasteiger partial charge in [0, 0.05) is 24.4 Å². The lowest BCUT2D eigenvalue weighted by Gasteiger charge is -2.35. The third kappa shape index (κ3) is 4.18. The highest BCUT2D eigenvalue weighted by Crippen LogP contribution is 2.38. The molecule has 0 radical (unpaired) electrons. The molecule has 20 heavy (non-hydrogen) atoms. The first-order valence-electron chi connectivity index (χ1n) is 8.58. The molecule has 2 unspecified atom stereocenters. The topological polar surface area (TPSA) is 20.3 Å². The number of nitrogens with zero attached hydrogens (tertiary/aromatic N) is 1. The molecule has 2 bridgehead atoms. The van der Waals surface area contributed by atoms with E-state index in [1.54, 1.807) is 0 Å². The van der Waals surface area contributed by atoms with Crippen molar-refractivity contribution >= 4 is 5.78 Å². The van der Waals surface area contributed by atoms with E-state index in [-0.39, 0.29) is 0 Å². The molecule has 2 fully saturated rings. The summed E-state index contributed by atoms with van der Waals surface area (Å²) in [4.78, 5) is 14.8. The second-order valence-electron chi connectivity index (χ2n) is 6.78. The fourth-order valence-corrected chi connectivity index (χ4v) is 4.00. The highest BCUT2D eigenvalue weighted by Gasteiger charge is 2.40. The molecule has 2 aliphatic heterocycles. The van der Waals surface area contributed by atoms with Crippen molar-refractivity contribution in [3.05, 3.63) is 12.7 Å². The fourth-order valence-electron chi connectivity index (χ4n) is 4.00. The highest BCUT2D eigenvalue weighted by atomic mass is 16.1. The van der Waals surface area contributed by atoms with Crippen LogP contribution in [-0.4, -0.2) is 29.8 Å². The minimum atomic E-state index is 0.379. The molecule has 2 heterocycles. The molecule has 0 saturated carbocycles. The summed E-state index contributed by atoms with van der Waals surface area (Å²) >= 11 is 0. The maximum atomic E-state index is 12.3. The van der Waals surface area contributed by atoms with E-state index in [0.717, 1.165) is 32.1 Å². The number of carbonyl (C=O) groups excluding carboxylic acids is 1. The molecule has 2 heteroatoms. The smallest absolute Gasteiger partial charge is 0.136 e. The molecule has 0 aromatic heterocycles. The van der Waals surface area contributed by atoms with E-state index >= 15 is 0 Å². The first kappa shape index (κ1) is 15.8. The summed E-state index contributed by atoms with van der Waals surface area (Å²) in [6.45, 7) is 3.74. The lowest BCUT2D eigenvalue weighted by atomic mass is 9.86. The summed E-state index contributed by atoms with van der Waals surface area (Å²) < 4.78 is 0. The average molecular weight is 277 g/mol. The van der Waals surface area contributed by atoms with Gasteiger partial charge in [0.2, 0.25) is 0 Å². The lowest BCUT2D eigenvalue weighted by molar-refractivity contribution is -0.125. The fraction of sp³-hybridized carbons (Fsp3) is 0.833. The maximum Gasteiger partial charge on any atom is 0.136 e. The van der Waals surface area contributed by atoms with Crippen molar-refractivity contribution in [3.8, 4) is 0 Å². The monoisotopic (exact) mass is 277 g/mol. The Balaban J connectivity index is 1.58. The van der Waals surface area contributed by atoms with E-state index in [0.29, 0.717) is 23.8 Å². The van der Waals surface area contributed by atoms with Crippen molar-refractivity contribution in [1.82, 2.24) is 4.90 Å². The van der Waals surface area contributed by atoms with Crippen molar-refractivity contribution in [1.29, 1.82) is 0 Å². The van der Waals surface area contributed by atoms with E-state index < -0.39 is 0 Å². The number of unbranched alkanes of at least 4 members (excludes halogenated alkanes) is 5. The average Bonchev–Trinajstić information content (AvgIpc) is 2.68. The molecule has 0 spiro atoms. The van der Waals surface area contributed by atoms with Gasteiger partial charge in [-0.05, 0) is 52.0 Å². The SMILES string of the molecule is C=CCCCCCCCC(=O)C1CC2CCC(C1)N2C. The van der Waals surface area contributed by atoms with Gasteiger partial charge < -0.3 is 4.90 Å². The van der Waals surface area contributed by atoms with Gasteiger partial charge >= 0.3 is 0 Å².